The molecule has 12 nitrogen and oxygen atoms in total. The Balaban J connectivity index is 1.86. The van der Waals surface area contributed by atoms with Gasteiger partial charge in [-0.05, 0) is 45.6 Å². The first-order valence-electron chi connectivity index (χ1n) is 13.2. The van der Waals surface area contributed by atoms with Gasteiger partial charge >= 0.3 is 0 Å². The molecule has 0 aromatic carbocycles. The first-order valence-corrected chi connectivity index (χ1v) is 13.2. The minimum atomic E-state index is -3.15. The van der Waals surface area contributed by atoms with Crippen molar-refractivity contribution in [2.45, 2.75) is 126 Å². The highest BCUT2D eigenvalue weighted by molar-refractivity contribution is 5.85. The zero-order valence-electron chi connectivity index (χ0n) is 22.3. The second-order valence-electron chi connectivity index (χ2n) is 10.9. The fourth-order valence-electron chi connectivity index (χ4n) is 5.49. The van der Waals surface area contributed by atoms with Crippen molar-refractivity contribution in [3.05, 3.63) is 0 Å². The standard InChI is InChI=1S/C24H44F2N4O8/c1-5-11-6-7-12(27)22(36-11)37-17-10(2)8-13(30-21(28)16(33)20(25)26)18(14(17)31)38-23-15(32)19(29-4)24(3,34)9-35-23/h10-20,22-23,29,31-34H,5-9,27H2,1-4H3,(H2,28,30)/t10-,11+,12?,13+,14?,15?,16?,17?,18?,19+,22+,23+,24?/m0/s1. The molecule has 0 spiro atoms. The van der Waals surface area contributed by atoms with Crippen LogP contribution < -0.4 is 16.8 Å². The van der Waals surface area contributed by atoms with Gasteiger partial charge in [-0.15, -0.1) is 0 Å². The molecule has 9 N–H and O–H groups in total. The minimum absolute atomic E-state index is 0.0343. The molecule has 2 heterocycles. The van der Waals surface area contributed by atoms with Gasteiger partial charge in [-0.3, -0.25) is 4.99 Å². The molecule has 3 rings (SSSR count). The maximum atomic E-state index is 13.1. The normalized spacial score (nSPS) is 45.8. The number of nitrogens with zero attached hydrogens (tertiary/aromatic N) is 1. The summed E-state index contributed by atoms with van der Waals surface area (Å²) in [5.41, 5.74) is 10.5. The van der Waals surface area contributed by atoms with Gasteiger partial charge < -0.3 is 56.2 Å². The Hall–Kier alpha value is -1.07. The summed E-state index contributed by atoms with van der Waals surface area (Å²) in [5.74, 6) is -1.07. The zero-order chi connectivity index (χ0) is 28.4. The lowest BCUT2D eigenvalue weighted by Gasteiger charge is -2.48. The van der Waals surface area contributed by atoms with Gasteiger partial charge in [-0.1, -0.05) is 13.8 Å². The highest BCUT2D eigenvalue weighted by atomic mass is 19.3. The number of nitrogens with two attached hydrogens (primary N) is 2. The van der Waals surface area contributed by atoms with Crippen molar-refractivity contribution in [3.8, 4) is 0 Å². The molecule has 38 heavy (non-hydrogen) atoms. The van der Waals surface area contributed by atoms with Crippen LogP contribution in [0.15, 0.2) is 4.99 Å². The molecule has 2 saturated heterocycles. The highest BCUT2D eigenvalue weighted by Crippen LogP contribution is 2.36. The first-order chi connectivity index (χ1) is 17.8. The number of nitrogens with one attached hydrogen (secondary N) is 1. The highest BCUT2D eigenvalue weighted by Gasteiger charge is 2.51. The number of rotatable bonds is 9. The lowest BCUT2D eigenvalue weighted by Crippen LogP contribution is -2.67. The van der Waals surface area contributed by atoms with E-state index in [1.807, 2.05) is 6.92 Å². The maximum absolute atomic E-state index is 13.1. The van der Waals surface area contributed by atoms with E-state index in [4.69, 9.17) is 30.4 Å². The summed E-state index contributed by atoms with van der Waals surface area (Å²) in [6.45, 7) is 5.08. The van der Waals surface area contributed by atoms with Gasteiger partial charge in [0.15, 0.2) is 18.7 Å². The molecule has 1 aliphatic carbocycles. The molecule has 2 aliphatic heterocycles. The van der Waals surface area contributed by atoms with Crippen molar-refractivity contribution in [2.75, 3.05) is 13.7 Å². The molecule has 7 unspecified atom stereocenters. The Morgan fingerprint density at radius 1 is 1.18 bits per heavy atom. The fraction of sp³-hybridized carbons (Fsp3) is 0.958. The topological polar surface area (TPSA) is 194 Å². The lowest BCUT2D eigenvalue weighted by atomic mass is 9.80. The van der Waals surface area contributed by atoms with E-state index in [9.17, 15) is 29.2 Å². The molecule has 3 aliphatic rings. The summed E-state index contributed by atoms with van der Waals surface area (Å²) in [7, 11) is 1.56. The van der Waals surface area contributed by atoms with Gasteiger partial charge in [-0.25, -0.2) is 8.78 Å². The van der Waals surface area contributed by atoms with Crippen molar-refractivity contribution >= 4 is 5.84 Å². The van der Waals surface area contributed by atoms with E-state index in [0.29, 0.717) is 6.42 Å². The van der Waals surface area contributed by atoms with E-state index in [0.717, 1.165) is 12.8 Å². The molecular formula is C24H44F2N4O8. The van der Waals surface area contributed by atoms with Crippen LogP contribution in [0.5, 0.6) is 0 Å². The van der Waals surface area contributed by atoms with E-state index in [1.54, 1.807) is 14.0 Å². The molecule has 0 amide bonds. The molecule has 14 heteroatoms. The first kappa shape index (κ1) is 31.5. The Labute approximate surface area is 221 Å². The Morgan fingerprint density at radius 3 is 2.45 bits per heavy atom. The maximum Gasteiger partial charge on any atom is 0.271 e. The number of aliphatic imine (C=N–C) groups is 1. The summed E-state index contributed by atoms with van der Waals surface area (Å²) >= 11 is 0. The van der Waals surface area contributed by atoms with Gasteiger partial charge in [0.25, 0.3) is 6.43 Å². The summed E-state index contributed by atoms with van der Waals surface area (Å²) in [4.78, 5) is 4.08. The molecule has 13 atom stereocenters. The Kier molecular flexibility index (Phi) is 10.8. The number of aliphatic hydroxyl groups is 4. The SMILES string of the molecule is CC[C@@H]1CCC(N)[C@@H](OC2C(O)C(O[C@H]3OCC(C)(O)[C@H](NC)C3O)[C@H](N=C(N)C(O)C(F)F)C[C@@H]2C)O1. The third-order valence-corrected chi connectivity index (χ3v) is 7.76. The van der Waals surface area contributed by atoms with E-state index < -0.39 is 79.1 Å². The number of ether oxygens (including phenoxy) is 4. The van der Waals surface area contributed by atoms with Crippen LogP contribution in [-0.2, 0) is 18.9 Å². The monoisotopic (exact) mass is 554 g/mol. The predicted octanol–water partition coefficient (Wildman–Crippen LogP) is -1.19. The average molecular weight is 555 g/mol. The van der Waals surface area contributed by atoms with Gasteiger partial charge in [0.1, 0.15) is 29.7 Å². The lowest BCUT2D eigenvalue weighted by molar-refractivity contribution is -0.309. The predicted molar refractivity (Wildman–Crippen MR) is 132 cm³/mol. The van der Waals surface area contributed by atoms with E-state index in [2.05, 4.69) is 10.3 Å². The molecular weight excluding hydrogens is 510 g/mol. The van der Waals surface area contributed by atoms with E-state index >= 15 is 0 Å². The van der Waals surface area contributed by atoms with Crippen LogP contribution in [0.1, 0.15) is 46.5 Å². The Bertz CT molecular complexity index is 797. The van der Waals surface area contributed by atoms with Crippen molar-refractivity contribution in [3.63, 3.8) is 0 Å². The van der Waals surface area contributed by atoms with Crippen molar-refractivity contribution in [2.24, 2.45) is 22.4 Å². The molecule has 1 saturated carbocycles. The van der Waals surface area contributed by atoms with Crippen LogP contribution >= 0.6 is 0 Å². The summed E-state index contributed by atoms with van der Waals surface area (Å²) in [6.07, 6.45) is -9.95. The number of likely N-dealkylation sites (N-methyl/N-ethyl adjacent to an activating group) is 1. The van der Waals surface area contributed by atoms with Crippen LogP contribution in [-0.4, -0.2) is 119 Å². The Morgan fingerprint density at radius 2 is 1.84 bits per heavy atom. The minimum Gasteiger partial charge on any atom is -0.388 e. The fourth-order valence-corrected chi connectivity index (χ4v) is 5.49. The van der Waals surface area contributed by atoms with Crippen molar-refractivity contribution in [1.29, 1.82) is 0 Å². The summed E-state index contributed by atoms with van der Waals surface area (Å²) in [6, 6.07) is -2.23. The third-order valence-electron chi connectivity index (χ3n) is 7.76. The van der Waals surface area contributed by atoms with Crippen LogP contribution in [0.4, 0.5) is 8.78 Å². The van der Waals surface area contributed by atoms with E-state index in [-0.39, 0.29) is 25.0 Å². The van der Waals surface area contributed by atoms with Crippen molar-refractivity contribution in [1.82, 2.24) is 5.32 Å². The van der Waals surface area contributed by atoms with Crippen LogP contribution in [0.25, 0.3) is 0 Å². The molecule has 0 bridgehead atoms. The number of alkyl halides is 2. The van der Waals surface area contributed by atoms with Crippen LogP contribution in [0.3, 0.4) is 0 Å². The smallest absolute Gasteiger partial charge is 0.271 e. The zero-order valence-corrected chi connectivity index (χ0v) is 22.3. The largest absolute Gasteiger partial charge is 0.388 e. The average Bonchev–Trinajstić information content (AvgIpc) is 2.85. The van der Waals surface area contributed by atoms with E-state index in [1.165, 1.54) is 6.92 Å². The number of hydrogen-bond acceptors (Lipinski definition) is 11. The quantitative estimate of drug-likeness (QED) is 0.134. The number of halogens is 2. The number of aliphatic hydroxyl groups excluding tert-OH is 3. The summed E-state index contributed by atoms with van der Waals surface area (Å²) < 4.78 is 49.9. The molecule has 222 valence electrons. The van der Waals surface area contributed by atoms with Gasteiger partial charge in [0, 0.05) is 0 Å². The molecule has 3 fully saturated rings. The molecule has 0 aromatic rings. The molecule has 0 aromatic heterocycles. The number of amidine groups is 1. The van der Waals surface area contributed by atoms with Gasteiger partial charge in [0.05, 0.1) is 36.9 Å². The second kappa shape index (κ2) is 13.1. The van der Waals surface area contributed by atoms with Gasteiger partial charge in [0.2, 0.25) is 0 Å². The van der Waals surface area contributed by atoms with Gasteiger partial charge in [-0.2, -0.15) is 0 Å². The second-order valence-corrected chi connectivity index (χ2v) is 10.9. The number of hydrogen-bond donors (Lipinski definition) is 7. The summed E-state index contributed by atoms with van der Waals surface area (Å²) in [5, 5.41) is 45.4. The molecule has 0 radical (unpaired) electrons. The third kappa shape index (κ3) is 6.97. The van der Waals surface area contributed by atoms with Crippen molar-refractivity contribution < 1.29 is 48.2 Å². The van der Waals surface area contributed by atoms with Crippen LogP contribution in [0.2, 0.25) is 0 Å². The van der Waals surface area contributed by atoms with Crippen LogP contribution in [0, 0.1) is 5.92 Å².